The molecule has 1 aliphatic heterocycles. The second-order valence-corrected chi connectivity index (χ2v) is 7.00. The first-order valence-corrected chi connectivity index (χ1v) is 9.19. The molecule has 0 unspecified atom stereocenters. The molecular weight excluding hydrogens is 382 g/mol. The fourth-order valence-electron chi connectivity index (χ4n) is 3.15. The number of nitrogens with zero attached hydrogens (tertiary/aromatic N) is 4. The van der Waals surface area contributed by atoms with Gasteiger partial charge in [-0.15, -0.1) is 0 Å². The molecule has 0 bridgehead atoms. The van der Waals surface area contributed by atoms with E-state index in [0.29, 0.717) is 17.2 Å². The summed E-state index contributed by atoms with van der Waals surface area (Å²) in [5.41, 5.74) is 0.644. The van der Waals surface area contributed by atoms with Gasteiger partial charge in [-0.05, 0) is 31.0 Å². The fourth-order valence-corrected chi connectivity index (χ4v) is 3.15. The number of piperidine rings is 1. The summed E-state index contributed by atoms with van der Waals surface area (Å²) in [4.78, 5) is 37.7. The highest BCUT2D eigenvalue weighted by molar-refractivity contribution is 5.94. The average molecular weight is 404 g/mol. The normalized spacial score (nSPS) is 18.2. The monoisotopic (exact) mass is 404 g/mol. The highest BCUT2D eigenvalue weighted by Gasteiger charge is 2.42. The second kappa shape index (κ2) is 8.46. The number of rotatable bonds is 5. The predicted octanol–water partition coefficient (Wildman–Crippen LogP) is 2.30. The van der Waals surface area contributed by atoms with Crippen molar-refractivity contribution in [3.63, 3.8) is 0 Å². The molecule has 2 aromatic rings. The second-order valence-electron chi connectivity index (χ2n) is 7.00. The summed E-state index contributed by atoms with van der Waals surface area (Å²) in [7, 11) is 0. The first-order valence-electron chi connectivity index (χ1n) is 9.19. The molecule has 1 fully saturated rings. The van der Waals surface area contributed by atoms with Gasteiger partial charge >= 0.3 is 0 Å². The zero-order chi connectivity index (χ0) is 21.0. The van der Waals surface area contributed by atoms with E-state index < -0.39 is 24.4 Å². The van der Waals surface area contributed by atoms with Crippen LogP contribution in [0.15, 0.2) is 30.7 Å². The number of anilines is 2. The predicted molar refractivity (Wildman–Crippen MR) is 102 cm³/mol. The summed E-state index contributed by atoms with van der Waals surface area (Å²) < 4.78 is 28.1. The van der Waals surface area contributed by atoms with Crippen LogP contribution in [0.25, 0.3) is 0 Å². The van der Waals surface area contributed by atoms with Gasteiger partial charge in [-0.25, -0.2) is 23.7 Å². The molecule has 2 aromatic heterocycles. The van der Waals surface area contributed by atoms with Crippen molar-refractivity contribution in [2.45, 2.75) is 38.7 Å². The molecule has 8 nitrogen and oxygen atoms in total. The molecule has 3 rings (SSSR count). The van der Waals surface area contributed by atoms with Crippen molar-refractivity contribution in [3.8, 4) is 0 Å². The van der Waals surface area contributed by atoms with Crippen molar-refractivity contribution >= 4 is 23.5 Å². The molecule has 0 aliphatic carbocycles. The number of hydrogen-bond donors (Lipinski definition) is 2. The topological polar surface area (TPSA) is 100 Å². The lowest BCUT2D eigenvalue weighted by Crippen LogP contribution is -2.55. The van der Waals surface area contributed by atoms with Crippen molar-refractivity contribution in [1.82, 2.24) is 25.2 Å². The number of carbonyl (C=O) groups is 2. The van der Waals surface area contributed by atoms with Crippen molar-refractivity contribution in [2.75, 3.05) is 18.4 Å². The Morgan fingerprint density at radius 1 is 1.28 bits per heavy atom. The van der Waals surface area contributed by atoms with Gasteiger partial charge < -0.3 is 15.5 Å². The van der Waals surface area contributed by atoms with E-state index in [4.69, 9.17) is 0 Å². The van der Waals surface area contributed by atoms with Crippen LogP contribution in [0.5, 0.6) is 0 Å². The Balaban J connectivity index is 1.85. The highest BCUT2D eigenvalue weighted by atomic mass is 19.3. The van der Waals surface area contributed by atoms with Gasteiger partial charge in [0.05, 0.1) is 6.54 Å². The van der Waals surface area contributed by atoms with Crippen LogP contribution >= 0.6 is 0 Å². The van der Waals surface area contributed by atoms with Crippen LogP contribution in [0.4, 0.5) is 20.4 Å². The number of pyridine rings is 1. The van der Waals surface area contributed by atoms with E-state index in [9.17, 15) is 18.4 Å². The molecule has 1 aliphatic rings. The summed E-state index contributed by atoms with van der Waals surface area (Å²) in [5, 5.41) is 5.57. The van der Waals surface area contributed by atoms with Gasteiger partial charge in [0.25, 0.3) is 11.8 Å². The third-order valence-corrected chi connectivity index (χ3v) is 4.67. The number of hydrogen-bond acceptors (Lipinski definition) is 6. The highest BCUT2D eigenvalue weighted by Crippen LogP contribution is 2.31. The number of amides is 2. The Morgan fingerprint density at radius 3 is 2.76 bits per heavy atom. The van der Waals surface area contributed by atoms with Gasteiger partial charge in [-0.2, -0.15) is 0 Å². The lowest BCUT2D eigenvalue weighted by molar-refractivity contribution is -0.119. The van der Waals surface area contributed by atoms with E-state index in [-0.39, 0.29) is 31.0 Å². The van der Waals surface area contributed by atoms with Crippen LogP contribution in [0.2, 0.25) is 0 Å². The van der Waals surface area contributed by atoms with Crippen LogP contribution < -0.4 is 10.6 Å². The Bertz CT molecular complexity index is 894. The Labute approximate surface area is 166 Å². The third-order valence-electron chi connectivity index (χ3n) is 4.67. The van der Waals surface area contributed by atoms with Gasteiger partial charge in [0.15, 0.2) is 0 Å². The number of aryl methyl sites for hydroxylation is 1. The molecule has 10 heteroatoms. The van der Waals surface area contributed by atoms with Crippen molar-refractivity contribution in [3.05, 3.63) is 42.0 Å². The zero-order valence-electron chi connectivity index (χ0n) is 16.2. The average Bonchev–Trinajstić information content (AvgIpc) is 2.68. The molecule has 0 radical (unpaired) electrons. The number of nitrogens with one attached hydrogen (secondary N) is 2. The number of alkyl halides is 2. The third kappa shape index (κ3) is 5.21. The minimum absolute atomic E-state index is 0.0783. The molecule has 1 saturated heterocycles. The lowest BCUT2D eigenvalue weighted by atomic mass is 9.98. The summed E-state index contributed by atoms with van der Waals surface area (Å²) in [5.74, 6) is -3.00. The van der Waals surface area contributed by atoms with Crippen LogP contribution in [0.3, 0.4) is 0 Å². The molecule has 1 atom stereocenters. The van der Waals surface area contributed by atoms with Gasteiger partial charge in [-0.1, -0.05) is 6.07 Å². The van der Waals surface area contributed by atoms with Crippen LogP contribution in [-0.2, 0) is 4.79 Å². The van der Waals surface area contributed by atoms with E-state index >= 15 is 0 Å². The van der Waals surface area contributed by atoms with E-state index in [1.807, 2.05) is 0 Å². The minimum Gasteiger partial charge on any atom is -0.354 e. The molecule has 29 heavy (non-hydrogen) atoms. The fraction of sp³-hybridized carbons (Fsp3) is 0.421. The number of likely N-dealkylation sites (tertiary alicyclic amines) is 1. The molecule has 0 aromatic carbocycles. The Morgan fingerprint density at radius 2 is 2.07 bits per heavy atom. The molecule has 154 valence electrons. The van der Waals surface area contributed by atoms with Crippen molar-refractivity contribution in [2.24, 2.45) is 0 Å². The molecule has 3 heterocycles. The van der Waals surface area contributed by atoms with Gasteiger partial charge in [0.2, 0.25) is 5.91 Å². The van der Waals surface area contributed by atoms with Crippen LogP contribution in [0.1, 0.15) is 35.8 Å². The number of halogens is 2. The van der Waals surface area contributed by atoms with Crippen molar-refractivity contribution < 1.29 is 18.4 Å². The van der Waals surface area contributed by atoms with Gasteiger partial charge in [-0.3, -0.25) is 9.59 Å². The first kappa shape index (κ1) is 20.6. The molecule has 0 saturated carbocycles. The smallest absolute Gasteiger partial charge is 0.273 e. The minimum atomic E-state index is -2.98. The summed E-state index contributed by atoms with van der Waals surface area (Å²) in [6.45, 7) is 2.45. The van der Waals surface area contributed by atoms with Crippen LogP contribution in [-0.4, -0.2) is 56.7 Å². The maximum Gasteiger partial charge on any atom is 0.273 e. The maximum absolute atomic E-state index is 14.0. The lowest BCUT2D eigenvalue weighted by Gasteiger charge is -2.39. The van der Waals surface area contributed by atoms with E-state index in [2.05, 4.69) is 25.6 Å². The van der Waals surface area contributed by atoms with Gasteiger partial charge in [0.1, 0.15) is 23.7 Å². The summed E-state index contributed by atoms with van der Waals surface area (Å²) >= 11 is 0. The first-order chi connectivity index (χ1) is 13.7. The maximum atomic E-state index is 14.0. The molecular formula is C19H22F2N6O2. The van der Waals surface area contributed by atoms with E-state index in [1.54, 1.807) is 31.3 Å². The largest absolute Gasteiger partial charge is 0.354 e. The summed E-state index contributed by atoms with van der Waals surface area (Å²) in [6, 6.07) is 4.48. The van der Waals surface area contributed by atoms with E-state index in [0.717, 1.165) is 4.90 Å². The molecule has 2 N–H and O–H groups in total. The standard InChI is InChI=1S/C19H22F2N6O2/c1-12-3-4-16(25-15-6-8-22-11-24-15)26-17(12)18(29)27-10-19(20,21)7-5-14(27)9-23-13(2)28/h3-4,6,8,11,14H,5,7,9-10H2,1-2H3,(H,23,28)(H,22,24,25,26)/t14-/m1/s1. The zero-order valence-corrected chi connectivity index (χ0v) is 16.2. The van der Waals surface area contributed by atoms with Crippen LogP contribution in [0, 0.1) is 6.92 Å². The molecule has 0 spiro atoms. The quantitative estimate of drug-likeness (QED) is 0.793. The Kier molecular flexibility index (Phi) is 6.00. The SMILES string of the molecule is CC(=O)NC[C@H]1CCC(F)(F)CN1C(=O)c1nc(Nc2ccncn2)ccc1C. The summed E-state index contributed by atoms with van der Waals surface area (Å²) in [6.07, 6.45) is 2.68. The Hall–Kier alpha value is -3.17. The molecule has 2 amide bonds. The number of carbonyl (C=O) groups excluding carboxylic acids is 2. The van der Waals surface area contributed by atoms with Crippen molar-refractivity contribution in [1.29, 1.82) is 0 Å². The van der Waals surface area contributed by atoms with Gasteiger partial charge in [0, 0.05) is 32.1 Å². The van der Waals surface area contributed by atoms with E-state index in [1.165, 1.54) is 13.3 Å². The number of aromatic nitrogens is 3.